The van der Waals surface area contributed by atoms with Crippen LogP contribution in [0, 0.1) is 5.92 Å². The van der Waals surface area contributed by atoms with Crippen LogP contribution in [0.2, 0.25) is 0 Å². The minimum absolute atomic E-state index is 0.0674. The number of carboxylic acid groups (broad SMARTS) is 1. The van der Waals surface area contributed by atoms with Gasteiger partial charge in [-0.05, 0) is 38.0 Å². The molecule has 1 aliphatic heterocycles. The van der Waals surface area contributed by atoms with Crippen molar-refractivity contribution in [3.05, 3.63) is 29.8 Å². The summed E-state index contributed by atoms with van der Waals surface area (Å²) in [5.41, 5.74) is 1.11. The average Bonchev–Trinajstić information content (AvgIpc) is 2.79. The predicted octanol–water partition coefficient (Wildman–Crippen LogP) is 1.95. The highest BCUT2D eigenvalue weighted by atomic mass is 16.5. The van der Waals surface area contributed by atoms with Crippen molar-refractivity contribution in [2.24, 2.45) is 5.92 Å². The summed E-state index contributed by atoms with van der Waals surface area (Å²) in [5.74, 6) is -0.681. The van der Waals surface area contributed by atoms with Gasteiger partial charge in [-0.2, -0.15) is 0 Å². The molecule has 21 heavy (non-hydrogen) atoms. The summed E-state index contributed by atoms with van der Waals surface area (Å²) < 4.78 is 5.57. The van der Waals surface area contributed by atoms with Crippen molar-refractivity contribution in [3.63, 3.8) is 0 Å². The fourth-order valence-corrected chi connectivity index (χ4v) is 2.42. The third-order valence-electron chi connectivity index (χ3n) is 3.53. The third kappa shape index (κ3) is 4.21. The standard InChI is InChI=1S/C16H21NO4/c1-11(2)21-14-5-3-12(4-6-14)7-8-17-10-13(16(19)20)9-15(17)18/h3-6,11,13H,7-10H2,1-2H3,(H,19,20)/t13-/m1/s1. The number of hydrogen-bond acceptors (Lipinski definition) is 3. The number of carboxylic acids is 1. The van der Waals surface area contributed by atoms with E-state index in [1.807, 2.05) is 38.1 Å². The van der Waals surface area contributed by atoms with E-state index in [2.05, 4.69) is 0 Å². The Morgan fingerprint density at radius 3 is 2.57 bits per heavy atom. The molecule has 0 aliphatic carbocycles. The first-order chi connectivity index (χ1) is 9.95. The van der Waals surface area contributed by atoms with Crippen LogP contribution in [-0.4, -0.2) is 41.1 Å². The molecular formula is C16H21NO4. The highest BCUT2D eigenvalue weighted by Crippen LogP contribution is 2.19. The Bertz CT molecular complexity index is 510. The quantitative estimate of drug-likeness (QED) is 0.870. The van der Waals surface area contributed by atoms with E-state index in [-0.39, 0.29) is 18.4 Å². The number of hydrogen-bond donors (Lipinski definition) is 1. The molecule has 1 heterocycles. The lowest BCUT2D eigenvalue weighted by Crippen LogP contribution is -2.28. The molecular weight excluding hydrogens is 270 g/mol. The second kappa shape index (κ2) is 6.61. The molecule has 1 atom stereocenters. The van der Waals surface area contributed by atoms with Crippen LogP contribution in [0.4, 0.5) is 0 Å². The number of likely N-dealkylation sites (tertiary alicyclic amines) is 1. The summed E-state index contributed by atoms with van der Waals surface area (Å²) in [6, 6.07) is 7.79. The van der Waals surface area contributed by atoms with Crippen molar-refractivity contribution in [2.45, 2.75) is 32.8 Å². The number of carbonyl (C=O) groups excluding carboxylic acids is 1. The highest BCUT2D eigenvalue weighted by molar-refractivity contribution is 5.86. The Balaban J connectivity index is 1.86. The topological polar surface area (TPSA) is 66.8 Å². The maximum atomic E-state index is 11.7. The van der Waals surface area contributed by atoms with Crippen molar-refractivity contribution >= 4 is 11.9 Å². The van der Waals surface area contributed by atoms with Gasteiger partial charge in [0, 0.05) is 19.5 Å². The molecule has 1 aromatic rings. The van der Waals surface area contributed by atoms with Crippen molar-refractivity contribution in [1.29, 1.82) is 0 Å². The molecule has 1 aromatic carbocycles. The van der Waals surface area contributed by atoms with Crippen LogP contribution in [0.3, 0.4) is 0 Å². The average molecular weight is 291 g/mol. The SMILES string of the molecule is CC(C)Oc1ccc(CCN2C[C@H](C(=O)O)CC2=O)cc1. The molecule has 1 N–H and O–H groups in total. The van der Waals surface area contributed by atoms with Crippen LogP contribution in [0.5, 0.6) is 5.75 Å². The van der Waals surface area contributed by atoms with Crippen molar-refractivity contribution in [2.75, 3.05) is 13.1 Å². The summed E-state index contributed by atoms with van der Waals surface area (Å²) >= 11 is 0. The minimum atomic E-state index is -0.888. The second-order valence-electron chi connectivity index (χ2n) is 5.64. The van der Waals surface area contributed by atoms with Crippen molar-refractivity contribution in [1.82, 2.24) is 4.90 Å². The van der Waals surface area contributed by atoms with E-state index in [1.54, 1.807) is 4.90 Å². The zero-order valence-corrected chi connectivity index (χ0v) is 12.4. The molecule has 0 aromatic heterocycles. The van der Waals surface area contributed by atoms with Crippen molar-refractivity contribution in [3.8, 4) is 5.75 Å². The number of ether oxygens (including phenoxy) is 1. The zero-order valence-electron chi connectivity index (χ0n) is 12.4. The summed E-state index contributed by atoms with van der Waals surface area (Å²) in [5, 5.41) is 8.94. The lowest BCUT2D eigenvalue weighted by Gasteiger charge is -2.16. The van der Waals surface area contributed by atoms with Crippen LogP contribution in [0.25, 0.3) is 0 Å². The summed E-state index contributed by atoms with van der Waals surface area (Å²) in [6.07, 6.45) is 0.988. The molecule has 1 aliphatic rings. The Hall–Kier alpha value is -2.04. The normalized spacial score (nSPS) is 18.3. The number of rotatable bonds is 6. The number of carbonyl (C=O) groups is 2. The summed E-state index contributed by atoms with van der Waals surface area (Å²) in [7, 11) is 0. The maximum Gasteiger partial charge on any atom is 0.308 e. The molecule has 1 fully saturated rings. The van der Waals surface area contributed by atoms with E-state index < -0.39 is 11.9 Å². The van der Waals surface area contributed by atoms with Crippen LogP contribution in [0.15, 0.2) is 24.3 Å². The molecule has 2 rings (SSSR count). The monoisotopic (exact) mass is 291 g/mol. The summed E-state index contributed by atoms with van der Waals surface area (Å²) in [4.78, 5) is 24.3. The van der Waals surface area contributed by atoms with Gasteiger partial charge in [0.25, 0.3) is 0 Å². The molecule has 0 radical (unpaired) electrons. The number of aliphatic carboxylic acids is 1. The van der Waals surface area contributed by atoms with E-state index in [9.17, 15) is 9.59 Å². The van der Waals surface area contributed by atoms with Crippen LogP contribution < -0.4 is 4.74 Å². The number of nitrogens with zero attached hydrogens (tertiary/aromatic N) is 1. The van der Waals surface area contributed by atoms with Crippen LogP contribution in [0.1, 0.15) is 25.8 Å². The highest BCUT2D eigenvalue weighted by Gasteiger charge is 2.33. The Labute approximate surface area is 124 Å². The Morgan fingerprint density at radius 1 is 1.38 bits per heavy atom. The van der Waals surface area contributed by atoms with Gasteiger partial charge in [0.15, 0.2) is 0 Å². The van der Waals surface area contributed by atoms with Gasteiger partial charge in [-0.15, -0.1) is 0 Å². The van der Waals surface area contributed by atoms with Gasteiger partial charge >= 0.3 is 5.97 Å². The fourth-order valence-electron chi connectivity index (χ4n) is 2.42. The van der Waals surface area contributed by atoms with Gasteiger partial charge in [0.05, 0.1) is 12.0 Å². The van der Waals surface area contributed by atoms with Gasteiger partial charge in [0.2, 0.25) is 5.91 Å². The smallest absolute Gasteiger partial charge is 0.308 e. The molecule has 1 amide bonds. The first-order valence-corrected chi connectivity index (χ1v) is 7.22. The minimum Gasteiger partial charge on any atom is -0.491 e. The first-order valence-electron chi connectivity index (χ1n) is 7.22. The number of amides is 1. The Kier molecular flexibility index (Phi) is 4.83. The van der Waals surface area contributed by atoms with Gasteiger partial charge in [-0.25, -0.2) is 0 Å². The molecule has 5 nitrogen and oxygen atoms in total. The molecule has 114 valence electrons. The summed E-state index contributed by atoms with van der Waals surface area (Å²) in [6.45, 7) is 4.84. The molecule has 0 bridgehead atoms. The van der Waals surface area contributed by atoms with Crippen LogP contribution in [-0.2, 0) is 16.0 Å². The van der Waals surface area contributed by atoms with E-state index in [4.69, 9.17) is 9.84 Å². The lowest BCUT2D eigenvalue weighted by atomic mass is 10.1. The Morgan fingerprint density at radius 2 is 2.05 bits per heavy atom. The van der Waals surface area contributed by atoms with E-state index in [1.165, 1.54) is 0 Å². The van der Waals surface area contributed by atoms with E-state index in [0.717, 1.165) is 17.7 Å². The van der Waals surface area contributed by atoms with Gasteiger partial charge in [0.1, 0.15) is 5.75 Å². The molecule has 0 unspecified atom stereocenters. The first kappa shape index (κ1) is 15.4. The number of benzene rings is 1. The van der Waals surface area contributed by atoms with Crippen molar-refractivity contribution < 1.29 is 19.4 Å². The zero-order chi connectivity index (χ0) is 15.4. The van der Waals surface area contributed by atoms with Gasteiger partial charge in [-0.3, -0.25) is 9.59 Å². The van der Waals surface area contributed by atoms with E-state index in [0.29, 0.717) is 13.1 Å². The third-order valence-corrected chi connectivity index (χ3v) is 3.53. The van der Waals surface area contributed by atoms with Gasteiger partial charge < -0.3 is 14.7 Å². The van der Waals surface area contributed by atoms with Crippen LogP contribution >= 0.6 is 0 Å². The maximum absolute atomic E-state index is 11.7. The predicted molar refractivity (Wildman–Crippen MR) is 78.2 cm³/mol. The molecule has 0 spiro atoms. The lowest BCUT2D eigenvalue weighted by molar-refractivity contribution is -0.141. The molecule has 1 saturated heterocycles. The molecule has 5 heteroatoms. The largest absolute Gasteiger partial charge is 0.491 e. The molecule has 0 saturated carbocycles. The van der Waals surface area contributed by atoms with Gasteiger partial charge in [-0.1, -0.05) is 12.1 Å². The fraction of sp³-hybridized carbons (Fsp3) is 0.500. The van der Waals surface area contributed by atoms with E-state index >= 15 is 0 Å². The second-order valence-corrected chi connectivity index (χ2v) is 5.64.